The molecule has 0 spiro atoms. The Kier molecular flexibility index (Phi) is 43.7. The van der Waals surface area contributed by atoms with E-state index in [1.54, 1.807) is 0 Å². The fraction of sp³-hybridized carbons (Fsp3) is 0.911. The molecular weight excluding hydrogens is 728 g/mol. The summed E-state index contributed by atoms with van der Waals surface area (Å²) >= 11 is 0. The van der Waals surface area contributed by atoms with E-state index in [4.69, 9.17) is 20.7 Å². The zero-order chi connectivity index (χ0) is 42.8. The van der Waals surface area contributed by atoms with Crippen LogP contribution in [0.15, 0.2) is 0 Å². The second kappa shape index (κ2) is 43.6. The van der Waals surface area contributed by atoms with E-state index in [0.29, 0.717) is 12.8 Å². The lowest BCUT2D eigenvalue weighted by Gasteiger charge is -2.25. The molecule has 0 amide bonds. The molecule has 0 radical (unpaired) electrons. The van der Waals surface area contributed by atoms with Crippen LogP contribution < -0.4 is 5.73 Å². The summed E-state index contributed by atoms with van der Waals surface area (Å²) in [5, 5.41) is 46.3. The molecule has 0 saturated carbocycles. The van der Waals surface area contributed by atoms with E-state index in [2.05, 4.69) is 18.7 Å². The predicted octanol–water partition coefficient (Wildman–Crippen LogP) is 8.38. The number of ketones is 2. The zero-order valence-corrected chi connectivity index (χ0v) is 36.5. The van der Waals surface area contributed by atoms with Crippen molar-refractivity contribution in [1.29, 1.82) is 0 Å². The Morgan fingerprint density at radius 1 is 0.491 bits per heavy atom. The lowest BCUT2D eigenvalue weighted by Crippen LogP contribution is -2.45. The highest BCUT2D eigenvalue weighted by molar-refractivity contribution is 5.87. The fourth-order valence-corrected chi connectivity index (χ4v) is 6.70. The summed E-state index contributed by atoms with van der Waals surface area (Å²) in [7, 11) is 0. The minimum atomic E-state index is -1.73. The number of ether oxygens (including phenoxy) is 1. The molecule has 0 aliphatic carbocycles. The normalized spacial score (nSPS) is 14.4. The third-order valence-electron chi connectivity index (χ3n) is 10.5. The van der Waals surface area contributed by atoms with Crippen molar-refractivity contribution in [2.75, 3.05) is 39.4 Å². The van der Waals surface area contributed by atoms with Gasteiger partial charge in [-0.25, -0.2) is 0 Å². The van der Waals surface area contributed by atoms with Crippen LogP contribution >= 0.6 is 0 Å². The summed E-state index contributed by atoms with van der Waals surface area (Å²) in [5.74, 6) is -3.12. The summed E-state index contributed by atoms with van der Waals surface area (Å²) in [6.07, 6.45) is 26.2. The Balaban J connectivity index is 0. The number of carbonyl (C=O) groups excluding carboxylic acids is 2. The Morgan fingerprint density at radius 3 is 1.04 bits per heavy atom. The van der Waals surface area contributed by atoms with Crippen LogP contribution in [0, 0.1) is 0 Å². The van der Waals surface area contributed by atoms with E-state index in [1.807, 2.05) is 0 Å². The fourth-order valence-electron chi connectivity index (χ4n) is 6.70. The van der Waals surface area contributed by atoms with Crippen LogP contribution in [0.25, 0.3) is 0 Å². The van der Waals surface area contributed by atoms with Crippen molar-refractivity contribution in [3.8, 4) is 0 Å². The molecular formula is C45H88N2O10. The van der Waals surface area contributed by atoms with E-state index in [-0.39, 0.29) is 25.7 Å². The monoisotopic (exact) mass is 817 g/mol. The number of hydrogen-bond acceptors (Lipinski definition) is 10. The van der Waals surface area contributed by atoms with Gasteiger partial charge in [-0.1, -0.05) is 168 Å². The maximum absolute atomic E-state index is 12.3. The molecule has 0 bridgehead atoms. The molecule has 7 N–H and O–H groups in total. The molecule has 57 heavy (non-hydrogen) atoms. The van der Waals surface area contributed by atoms with Gasteiger partial charge in [0.05, 0.1) is 26.1 Å². The van der Waals surface area contributed by atoms with Crippen LogP contribution in [-0.4, -0.2) is 112 Å². The van der Waals surface area contributed by atoms with Gasteiger partial charge in [0.1, 0.15) is 18.3 Å². The van der Waals surface area contributed by atoms with Gasteiger partial charge in [0.2, 0.25) is 0 Å². The molecule has 2 unspecified atom stereocenters. The van der Waals surface area contributed by atoms with Crippen LogP contribution in [-0.2, 0) is 23.9 Å². The van der Waals surface area contributed by atoms with Crippen molar-refractivity contribution < 1.29 is 49.4 Å². The topological polar surface area (TPSA) is 208 Å². The summed E-state index contributed by atoms with van der Waals surface area (Å²) in [6, 6.07) is 0. The lowest BCUT2D eigenvalue weighted by molar-refractivity contribution is -0.147. The quantitative estimate of drug-likeness (QED) is 0.0327. The average Bonchev–Trinajstić information content (AvgIpc) is 3.20. The number of nitrogens with two attached hydrogens (primary N) is 1. The molecule has 0 aromatic heterocycles. The van der Waals surface area contributed by atoms with Crippen molar-refractivity contribution in [2.45, 2.75) is 225 Å². The molecule has 0 aromatic carbocycles. The summed E-state index contributed by atoms with van der Waals surface area (Å²) in [5.41, 5.74) is 5.38. The molecule has 1 aliphatic heterocycles. The Labute approximate surface area is 347 Å². The van der Waals surface area contributed by atoms with Crippen molar-refractivity contribution in [3.63, 3.8) is 0 Å². The molecule has 12 nitrogen and oxygen atoms in total. The number of rotatable bonds is 37. The highest BCUT2D eigenvalue weighted by Crippen LogP contribution is 2.16. The number of carboxylic acid groups (broad SMARTS) is 2. The molecule has 338 valence electrons. The van der Waals surface area contributed by atoms with E-state index >= 15 is 0 Å². The van der Waals surface area contributed by atoms with Gasteiger partial charge < -0.3 is 36.0 Å². The largest absolute Gasteiger partial charge is 0.481 e. The number of hydrogen-bond donors (Lipinski definition) is 6. The second-order valence-electron chi connectivity index (χ2n) is 15.8. The molecule has 2 atom stereocenters. The van der Waals surface area contributed by atoms with Gasteiger partial charge in [0.25, 0.3) is 0 Å². The first-order valence-electron chi connectivity index (χ1n) is 23.0. The molecule has 1 fully saturated rings. The predicted molar refractivity (Wildman–Crippen MR) is 229 cm³/mol. The molecule has 12 heteroatoms. The number of aliphatic hydroxyl groups excluding tert-OH is 3. The van der Waals surface area contributed by atoms with Crippen LogP contribution in [0.3, 0.4) is 0 Å². The van der Waals surface area contributed by atoms with E-state index in [9.17, 15) is 34.5 Å². The molecule has 1 aliphatic rings. The number of carboxylic acids is 2. The summed E-state index contributed by atoms with van der Waals surface area (Å²) in [4.78, 5) is 46.1. The highest BCUT2D eigenvalue weighted by Gasteiger charge is 2.33. The molecule has 1 saturated heterocycles. The average molecular weight is 817 g/mol. The van der Waals surface area contributed by atoms with Crippen molar-refractivity contribution in [1.82, 2.24) is 4.90 Å². The number of morpholine rings is 1. The summed E-state index contributed by atoms with van der Waals surface area (Å²) in [6.45, 7) is 10.1. The second-order valence-corrected chi connectivity index (χ2v) is 15.8. The van der Waals surface area contributed by atoms with Crippen molar-refractivity contribution >= 4 is 23.5 Å². The number of unbranched alkanes of at least 4 members (excludes halogenated alkanes) is 24. The zero-order valence-electron chi connectivity index (χ0n) is 36.5. The standard InChI is InChI=1S/C35H68O5.C6H14N2O.C4H6O4/c1-3-5-7-9-11-13-15-17-19-21-23-25-27-29-31(36)33(38)35(40)34(39)32(37)30-28-26-24-22-20-18-16-14-12-10-8-6-4-2;7-1-2-8-3-5-9-6-4-8;5-3(6)1-2-4(7)8/h33-35,38-40H,3-30H2,1-2H3;1-7H2;1-2H2,(H,5,6)(H,7,8). The number of aliphatic carboxylic acids is 2. The van der Waals surface area contributed by atoms with E-state index in [0.717, 1.165) is 65.1 Å². The lowest BCUT2D eigenvalue weighted by atomic mass is 9.95. The first-order valence-corrected chi connectivity index (χ1v) is 23.0. The number of aliphatic hydroxyl groups is 3. The van der Waals surface area contributed by atoms with Crippen LogP contribution in [0.2, 0.25) is 0 Å². The molecule has 1 heterocycles. The third-order valence-corrected chi connectivity index (χ3v) is 10.5. The van der Waals surface area contributed by atoms with Gasteiger partial charge >= 0.3 is 11.9 Å². The van der Waals surface area contributed by atoms with Gasteiger partial charge in [-0.05, 0) is 12.8 Å². The number of Topliss-reactive ketones (excluding diaryl/α,β-unsaturated/α-hetero) is 2. The first-order chi connectivity index (χ1) is 27.5. The SMILES string of the molecule is CCCCCCCCCCCCCCCC(=O)C(O)C(O)C(O)C(=O)CCCCCCCCCCCCCCC.NCCN1CCOCC1.O=C(O)CCC(=O)O. The Bertz CT molecular complexity index is 867. The number of nitrogens with zero attached hydrogens (tertiary/aromatic N) is 1. The van der Waals surface area contributed by atoms with Gasteiger partial charge in [-0.2, -0.15) is 0 Å². The Morgan fingerprint density at radius 2 is 0.772 bits per heavy atom. The smallest absolute Gasteiger partial charge is 0.303 e. The van der Waals surface area contributed by atoms with E-state index < -0.39 is 41.8 Å². The van der Waals surface area contributed by atoms with Gasteiger partial charge in [0.15, 0.2) is 11.6 Å². The molecule has 0 aromatic rings. The minimum Gasteiger partial charge on any atom is -0.481 e. The first kappa shape index (κ1) is 57.1. The van der Waals surface area contributed by atoms with Crippen LogP contribution in [0.4, 0.5) is 0 Å². The van der Waals surface area contributed by atoms with Gasteiger partial charge in [0, 0.05) is 39.0 Å². The van der Waals surface area contributed by atoms with Gasteiger partial charge in [-0.3, -0.25) is 24.1 Å². The maximum atomic E-state index is 12.3. The highest BCUT2D eigenvalue weighted by atomic mass is 16.5. The maximum Gasteiger partial charge on any atom is 0.303 e. The van der Waals surface area contributed by atoms with Crippen LogP contribution in [0.5, 0.6) is 0 Å². The minimum absolute atomic E-state index is 0.176. The molecule has 1 rings (SSSR count). The van der Waals surface area contributed by atoms with Crippen molar-refractivity contribution in [2.24, 2.45) is 5.73 Å². The summed E-state index contributed by atoms with van der Waals surface area (Å²) < 4.78 is 5.16. The van der Waals surface area contributed by atoms with Gasteiger partial charge in [-0.15, -0.1) is 0 Å². The number of carbonyl (C=O) groups is 4. The van der Waals surface area contributed by atoms with E-state index in [1.165, 1.54) is 128 Å². The van der Waals surface area contributed by atoms with Crippen LogP contribution in [0.1, 0.15) is 206 Å². The Hall–Kier alpha value is -1.96. The van der Waals surface area contributed by atoms with Crippen molar-refractivity contribution in [3.05, 3.63) is 0 Å². The third kappa shape index (κ3) is 40.6.